The number of esters is 1. The number of methoxy groups -OCH3 is 1. The number of nitrogens with one attached hydrogen (secondary N) is 1. The van der Waals surface area contributed by atoms with Gasteiger partial charge in [-0.15, -0.1) is 0 Å². The van der Waals surface area contributed by atoms with Gasteiger partial charge in [0.1, 0.15) is 17.4 Å². The second kappa shape index (κ2) is 13.9. The number of imidazole rings is 1. The third-order valence-electron chi connectivity index (χ3n) is 6.68. The van der Waals surface area contributed by atoms with Crippen LogP contribution in [0, 0.1) is 17.0 Å². The number of rotatable bonds is 12. The van der Waals surface area contributed by atoms with Crippen molar-refractivity contribution in [3.63, 3.8) is 0 Å². The number of ether oxygens (including phenoxy) is 5. The Labute approximate surface area is 267 Å². The summed E-state index contributed by atoms with van der Waals surface area (Å²) < 4.78 is 61.2. The molecule has 0 aliphatic heterocycles. The number of nitrogens with zero attached hydrogens (tertiary/aromatic N) is 3. The van der Waals surface area contributed by atoms with Crippen molar-refractivity contribution in [1.29, 1.82) is 5.41 Å². The highest BCUT2D eigenvalue weighted by atomic mass is 19.1. The van der Waals surface area contributed by atoms with Crippen LogP contribution in [0.4, 0.5) is 8.78 Å². The lowest BCUT2D eigenvalue weighted by atomic mass is 10.1. The van der Waals surface area contributed by atoms with Crippen LogP contribution in [-0.4, -0.2) is 45.2 Å². The normalized spacial score (nSPS) is 10.7. The molecule has 0 fully saturated rings. The van der Waals surface area contributed by atoms with Gasteiger partial charge in [0, 0.05) is 30.6 Å². The molecular weight excluding hydrogens is 616 g/mol. The van der Waals surface area contributed by atoms with Crippen LogP contribution in [0.25, 0.3) is 11.4 Å². The molecule has 242 valence electrons. The topological polar surface area (TPSA) is 164 Å². The number of aromatic nitrogens is 3. The molecule has 0 amide bonds. The van der Waals surface area contributed by atoms with Gasteiger partial charge >= 0.3 is 5.97 Å². The molecule has 3 aromatic carbocycles. The van der Waals surface area contributed by atoms with Gasteiger partial charge < -0.3 is 39.1 Å². The van der Waals surface area contributed by atoms with E-state index in [4.69, 9.17) is 34.8 Å². The minimum Gasteiger partial charge on any atom is -0.504 e. The summed E-state index contributed by atoms with van der Waals surface area (Å²) in [5, 5.41) is 18.1. The van der Waals surface area contributed by atoms with E-state index in [9.17, 15) is 9.90 Å². The van der Waals surface area contributed by atoms with E-state index in [-0.39, 0.29) is 47.4 Å². The van der Waals surface area contributed by atoms with E-state index < -0.39 is 40.9 Å². The minimum absolute atomic E-state index is 0.0573. The highest BCUT2D eigenvalue weighted by Crippen LogP contribution is 2.43. The highest BCUT2D eigenvalue weighted by molar-refractivity contribution is 5.95. The van der Waals surface area contributed by atoms with Gasteiger partial charge in [-0.1, -0.05) is 18.2 Å². The molecule has 0 bridgehead atoms. The smallest absolute Gasteiger partial charge is 0.310 e. The largest absolute Gasteiger partial charge is 0.504 e. The SMILES string of the molecule is CCOC(=O)Cc1ccc(Oc2c(F)c(Oc3cccc(-c4nccn4C)c3)nc(Oc3cc(C(=N)N)ccc3O)c2F)c(OC)c1. The van der Waals surface area contributed by atoms with Crippen LogP contribution in [-0.2, 0) is 23.0 Å². The molecule has 0 aliphatic rings. The molecule has 12 nitrogen and oxygen atoms in total. The number of hydrogen-bond acceptors (Lipinski definition) is 10. The molecular formula is C33H29F2N5O7. The quantitative estimate of drug-likeness (QED) is 0.0804. The lowest BCUT2D eigenvalue weighted by Gasteiger charge is -2.17. The fourth-order valence-corrected chi connectivity index (χ4v) is 4.42. The van der Waals surface area contributed by atoms with Gasteiger partial charge in [-0.25, -0.2) is 4.98 Å². The van der Waals surface area contributed by atoms with Crippen molar-refractivity contribution in [2.75, 3.05) is 13.7 Å². The van der Waals surface area contributed by atoms with E-state index in [2.05, 4.69) is 9.97 Å². The first-order chi connectivity index (χ1) is 22.6. The van der Waals surface area contributed by atoms with Crippen LogP contribution in [0.5, 0.6) is 46.3 Å². The fourth-order valence-electron chi connectivity index (χ4n) is 4.42. The summed E-state index contributed by atoms with van der Waals surface area (Å²) in [5.41, 5.74) is 6.86. The Morgan fingerprint density at radius 3 is 2.43 bits per heavy atom. The van der Waals surface area contributed by atoms with E-state index in [1.54, 1.807) is 49.1 Å². The second-order valence-electron chi connectivity index (χ2n) is 9.94. The maximum atomic E-state index is 16.1. The molecule has 14 heteroatoms. The summed E-state index contributed by atoms with van der Waals surface area (Å²) in [6.07, 6.45) is 3.30. The number of phenols is 1. The highest BCUT2D eigenvalue weighted by Gasteiger charge is 2.28. The fraction of sp³-hybridized carbons (Fsp3) is 0.152. The van der Waals surface area contributed by atoms with Gasteiger partial charge in [0.2, 0.25) is 17.4 Å². The number of carbonyl (C=O) groups is 1. The number of carbonyl (C=O) groups excluding carboxylic acids is 1. The van der Waals surface area contributed by atoms with Crippen molar-refractivity contribution in [1.82, 2.24) is 14.5 Å². The van der Waals surface area contributed by atoms with Gasteiger partial charge in [0.05, 0.1) is 20.1 Å². The van der Waals surface area contributed by atoms with Crippen molar-refractivity contribution < 1.29 is 42.4 Å². The minimum atomic E-state index is -1.39. The molecule has 0 atom stereocenters. The van der Waals surface area contributed by atoms with E-state index in [1.807, 2.05) is 0 Å². The third kappa shape index (κ3) is 7.22. The molecule has 0 saturated carbocycles. The molecule has 5 rings (SSSR count). The first kappa shape index (κ1) is 32.2. The molecule has 47 heavy (non-hydrogen) atoms. The molecule has 0 unspecified atom stereocenters. The van der Waals surface area contributed by atoms with Crippen molar-refractivity contribution in [3.05, 3.63) is 95.8 Å². The summed E-state index contributed by atoms with van der Waals surface area (Å²) in [6, 6.07) is 14.6. The molecule has 2 aromatic heterocycles. The summed E-state index contributed by atoms with van der Waals surface area (Å²) in [4.78, 5) is 20.2. The van der Waals surface area contributed by atoms with E-state index in [0.717, 1.165) is 0 Å². The number of benzene rings is 3. The van der Waals surface area contributed by atoms with Gasteiger partial charge in [-0.2, -0.15) is 13.8 Å². The number of hydrogen-bond donors (Lipinski definition) is 3. The number of nitrogen functional groups attached to an aromatic ring is 1. The Morgan fingerprint density at radius 1 is 0.979 bits per heavy atom. The van der Waals surface area contributed by atoms with Crippen molar-refractivity contribution >= 4 is 11.8 Å². The van der Waals surface area contributed by atoms with Crippen LogP contribution in [0.1, 0.15) is 18.1 Å². The monoisotopic (exact) mass is 645 g/mol. The molecule has 0 aliphatic carbocycles. The Morgan fingerprint density at radius 2 is 1.74 bits per heavy atom. The van der Waals surface area contributed by atoms with Crippen LogP contribution in [0.3, 0.4) is 0 Å². The summed E-state index contributed by atoms with van der Waals surface area (Å²) >= 11 is 0. The Hall–Kier alpha value is -6.18. The van der Waals surface area contributed by atoms with Gasteiger partial charge in [0.25, 0.3) is 11.8 Å². The van der Waals surface area contributed by atoms with Crippen molar-refractivity contribution in [2.45, 2.75) is 13.3 Å². The maximum absolute atomic E-state index is 16.1. The predicted molar refractivity (Wildman–Crippen MR) is 165 cm³/mol. The van der Waals surface area contributed by atoms with E-state index >= 15 is 8.78 Å². The zero-order chi connectivity index (χ0) is 33.7. The Bertz CT molecular complexity index is 1960. The van der Waals surface area contributed by atoms with Crippen molar-refractivity contribution in [2.24, 2.45) is 12.8 Å². The van der Waals surface area contributed by atoms with Crippen LogP contribution in [0.2, 0.25) is 0 Å². The summed E-state index contributed by atoms with van der Waals surface area (Å²) in [7, 11) is 3.12. The summed E-state index contributed by atoms with van der Waals surface area (Å²) in [5.74, 6) is -6.14. The molecule has 0 radical (unpaired) electrons. The van der Waals surface area contributed by atoms with E-state index in [0.29, 0.717) is 17.0 Å². The number of halogens is 2. The number of amidine groups is 1. The molecule has 2 heterocycles. The second-order valence-corrected chi connectivity index (χ2v) is 9.94. The average Bonchev–Trinajstić information content (AvgIpc) is 3.48. The van der Waals surface area contributed by atoms with Crippen molar-refractivity contribution in [3.8, 4) is 57.6 Å². The first-order valence-corrected chi connectivity index (χ1v) is 14.1. The maximum Gasteiger partial charge on any atom is 0.310 e. The Balaban J connectivity index is 1.57. The number of pyridine rings is 1. The number of nitrogens with two attached hydrogens (primary N) is 1. The van der Waals surface area contributed by atoms with Crippen LogP contribution < -0.4 is 24.7 Å². The Kier molecular flexibility index (Phi) is 9.50. The standard InChI is InChI=1S/C33H29F2N5O7/c1-4-44-26(42)15-18-8-11-23(25(14-18)43-3)46-29-27(34)32(45-21-7-5-6-20(16-21)31-38-12-13-40(31)2)39-33(28(29)35)47-24-17-19(30(36)37)9-10-22(24)41/h5-14,16-17,41H,4,15H2,1-3H3,(H3,36,37). The number of phenolic OH excluding ortho intramolecular Hbond substituents is 1. The third-order valence-corrected chi connectivity index (χ3v) is 6.68. The van der Waals surface area contributed by atoms with Gasteiger partial charge in [-0.3, -0.25) is 10.2 Å². The van der Waals surface area contributed by atoms with E-state index in [1.165, 1.54) is 49.6 Å². The molecule has 0 saturated heterocycles. The molecule has 5 aromatic rings. The summed E-state index contributed by atoms with van der Waals surface area (Å²) in [6.45, 7) is 1.89. The lowest BCUT2D eigenvalue weighted by molar-refractivity contribution is -0.142. The zero-order valence-electron chi connectivity index (χ0n) is 25.4. The predicted octanol–water partition coefficient (Wildman–Crippen LogP) is 6.24. The number of aryl methyl sites for hydroxylation is 1. The van der Waals surface area contributed by atoms with Gasteiger partial charge in [-0.05, 0) is 55.0 Å². The van der Waals surface area contributed by atoms with Crippen LogP contribution >= 0.6 is 0 Å². The van der Waals surface area contributed by atoms with Crippen LogP contribution in [0.15, 0.2) is 73.1 Å². The lowest BCUT2D eigenvalue weighted by Crippen LogP contribution is -2.11. The average molecular weight is 646 g/mol. The first-order valence-electron chi connectivity index (χ1n) is 14.1. The molecule has 4 N–H and O–H groups in total. The number of aromatic hydroxyl groups is 1. The zero-order valence-corrected chi connectivity index (χ0v) is 25.4. The van der Waals surface area contributed by atoms with Gasteiger partial charge in [0.15, 0.2) is 23.0 Å². The molecule has 0 spiro atoms.